The molecule has 0 radical (unpaired) electrons. The van der Waals surface area contributed by atoms with E-state index in [1.54, 1.807) is 11.6 Å². The fourth-order valence-corrected chi connectivity index (χ4v) is 4.01. The summed E-state index contributed by atoms with van der Waals surface area (Å²) in [4.78, 5) is 43.4. The maximum absolute atomic E-state index is 12.9. The Hall–Kier alpha value is -2.22. The quantitative estimate of drug-likeness (QED) is 0.811. The van der Waals surface area contributed by atoms with Gasteiger partial charge in [-0.15, -0.1) is 11.3 Å². The topological polar surface area (TPSA) is 83.8 Å². The van der Waals surface area contributed by atoms with Gasteiger partial charge >= 0.3 is 6.03 Å². The molecule has 3 heterocycles. The average molecular weight is 348 g/mol. The molecule has 2 aromatic heterocycles. The van der Waals surface area contributed by atoms with Crippen molar-refractivity contribution in [2.75, 3.05) is 0 Å². The molecule has 1 saturated heterocycles. The lowest BCUT2D eigenvalue weighted by atomic mass is 9.88. The third-order valence-electron chi connectivity index (χ3n) is 4.28. The molecule has 3 amide bonds. The SMILES string of the molecule is CCCC1(CCC)NC(=O)N(Cc2cc(=O)n3ccsc3n2)C1=O. The average Bonchev–Trinajstić information content (AvgIpc) is 3.08. The largest absolute Gasteiger partial charge is 0.325 e. The zero-order valence-corrected chi connectivity index (χ0v) is 14.6. The summed E-state index contributed by atoms with van der Waals surface area (Å²) in [7, 11) is 0. The Morgan fingerprint density at radius 1 is 1.21 bits per heavy atom. The van der Waals surface area contributed by atoms with E-state index in [9.17, 15) is 14.4 Å². The fourth-order valence-electron chi connectivity index (χ4n) is 3.27. The highest BCUT2D eigenvalue weighted by Gasteiger charge is 2.49. The number of rotatable bonds is 6. The molecule has 0 aliphatic carbocycles. The van der Waals surface area contributed by atoms with Crippen LogP contribution in [0.1, 0.15) is 45.2 Å². The molecule has 24 heavy (non-hydrogen) atoms. The van der Waals surface area contributed by atoms with E-state index in [-0.39, 0.29) is 18.0 Å². The van der Waals surface area contributed by atoms with E-state index in [1.807, 2.05) is 13.8 Å². The summed E-state index contributed by atoms with van der Waals surface area (Å²) in [6, 6.07) is 0.968. The molecule has 2 aromatic rings. The second kappa shape index (κ2) is 6.35. The summed E-state index contributed by atoms with van der Waals surface area (Å²) in [5.74, 6) is -0.218. The lowest BCUT2D eigenvalue weighted by molar-refractivity contribution is -0.132. The number of aromatic nitrogens is 2. The normalized spacial score (nSPS) is 16.8. The van der Waals surface area contributed by atoms with Crippen LogP contribution in [-0.2, 0) is 11.3 Å². The smallest absolute Gasteiger partial charge is 0.323 e. The van der Waals surface area contributed by atoms with E-state index in [4.69, 9.17) is 0 Å². The predicted octanol–water partition coefficient (Wildman–Crippen LogP) is 2.15. The summed E-state index contributed by atoms with van der Waals surface area (Å²) in [6.07, 6.45) is 4.49. The van der Waals surface area contributed by atoms with Crippen LogP contribution in [0, 0.1) is 0 Å². The highest BCUT2D eigenvalue weighted by molar-refractivity contribution is 7.15. The molecule has 0 aromatic carbocycles. The van der Waals surface area contributed by atoms with Crippen molar-refractivity contribution in [2.24, 2.45) is 0 Å². The molecular formula is C16H20N4O3S. The first-order chi connectivity index (χ1) is 11.5. The van der Waals surface area contributed by atoms with Gasteiger partial charge in [0.15, 0.2) is 4.96 Å². The van der Waals surface area contributed by atoms with Gasteiger partial charge in [-0.25, -0.2) is 9.78 Å². The second-order valence-corrected chi connectivity index (χ2v) is 6.92. The van der Waals surface area contributed by atoms with Crippen molar-refractivity contribution >= 4 is 28.2 Å². The van der Waals surface area contributed by atoms with E-state index in [1.165, 1.54) is 26.7 Å². The van der Waals surface area contributed by atoms with Crippen LogP contribution in [-0.4, -0.2) is 31.8 Å². The number of carbonyl (C=O) groups is 2. The first-order valence-electron chi connectivity index (χ1n) is 8.10. The summed E-state index contributed by atoms with van der Waals surface area (Å²) in [5.41, 5.74) is -0.603. The van der Waals surface area contributed by atoms with Crippen LogP contribution >= 0.6 is 11.3 Å². The van der Waals surface area contributed by atoms with Gasteiger partial charge in [-0.3, -0.25) is 18.9 Å². The third-order valence-corrected chi connectivity index (χ3v) is 5.03. The van der Waals surface area contributed by atoms with E-state index < -0.39 is 11.6 Å². The van der Waals surface area contributed by atoms with Crippen LogP contribution in [0.15, 0.2) is 22.4 Å². The molecule has 3 rings (SSSR count). The van der Waals surface area contributed by atoms with Crippen molar-refractivity contribution in [3.63, 3.8) is 0 Å². The van der Waals surface area contributed by atoms with Crippen LogP contribution in [0.25, 0.3) is 4.96 Å². The maximum atomic E-state index is 12.9. The molecule has 1 fully saturated rings. The van der Waals surface area contributed by atoms with Crippen LogP contribution < -0.4 is 10.9 Å². The zero-order valence-electron chi connectivity index (χ0n) is 13.7. The minimum atomic E-state index is -0.817. The number of imide groups is 1. The van der Waals surface area contributed by atoms with Crippen molar-refractivity contribution < 1.29 is 9.59 Å². The van der Waals surface area contributed by atoms with Crippen LogP contribution in [0.4, 0.5) is 4.79 Å². The van der Waals surface area contributed by atoms with Gasteiger partial charge in [0.1, 0.15) is 5.54 Å². The van der Waals surface area contributed by atoms with Gasteiger partial charge in [0.25, 0.3) is 11.5 Å². The molecule has 1 aliphatic rings. The Morgan fingerprint density at radius 3 is 2.58 bits per heavy atom. The van der Waals surface area contributed by atoms with Crippen molar-refractivity contribution in [1.29, 1.82) is 0 Å². The standard InChI is InChI=1S/C16H20N4O3S/c1-3-5-16(6-4-2)13(22)20(14(23)18-16)10-11-9-12(21)19-7-8-24-15(19)17-11/h7-9H,3-6,10H2,1-2H3,(H,18,23). The number of carbonyl (C=O) groups excluding carboxylic acids is 2. The van der Waals surface area contributed by atoms with Gasteiger partial charge in [-0.1, -0.05) is 26.7 Å². The molecule has 8 heteroatoms. The molecule has 0 unspecified atom stereocenters. The second-order valence-electron chi connectivity index (χ2n) is 6.04. The number of hydrogen-bond acceptors (Lipinski definition) is 5. The van der Waals surface area contributed by atoms with E-state index in [0.717, 1.165) is 12.8 Å². The number of nitrogens with one attached hydrogen (secondary N) is 1. The summed E-state index contributed by atoms with van der Waals surface area (Å²) in [5, 5.41) is 4.64. The molecular weight excluding hydrogens is 328 g/mol. The van der Waals surface area contributed by atoms with Crippen LogP contribution in [0.2, 0.25) is 0 Å². The molecule has 0 bridgehead atoms. The molecule has 128 valence electrons. The predicted molar refractivity (Wildman–Crippen MR) is 91.0 cm³/mol. The Bertz CT molecular complexity index is 835. The van der Waals surface area contributed by atoms with Gasteiger partial charge in [0.05, 0.1) is 12.2 Å². The van der Waals surface area contributed by atoms with Crippen molar-refractivity contribution in [3.05, 3.63) is 33.7 Å². The van der Waals surface area contributed by atoms with E-state index in [2.05, 4.69) is 10.3 Å². The number of hydrogen-bond donors (Lipinski definition) is 1. The Labute approximate surface area is 143 Å². The lowest BCUT2D eigenvalue weighted by Crippen LogP contribution is -2.46. The molecule has 0 atom stereocenters. The fraction of sp³-hybridized carbons (Fsp3) is 0.500. The zero-order chi connectivity index (χ0) is 17.3. The van der Waals surface area contributed by atoms with Crippen molar-refractivity contribution in [3.8, 4) is 0 Å². The van der Waals surface area contributed by atoms with Gasteiger partial charge in [-0.2, -0.15) is 0 Å². The number of thiazole rings is 1. The summed E-state index contributed by atoms with van der Waals surface area (Å²) >= 11 is 1.34. The van der Waals surface area contributed by atoms with E-state index >= 15 is 0 Å². The van der Waals surface area contributed by atoms with Crippen molar-refractivity contribution in [1.82, 2.24) is 19.6 Å². The highest BCUT2D eigenvalue weighted by atomic mass is 32.1. The molecule has 7 nitrogen and oxygen atoms in total. The van der Waals surface area contributed by atoms with Crippen LogP contribution in [0.5, 0.6) is 0 Å². The molecule has 0 spiro atoms. The third kappa shape index (κ3) is 2.71. The van der Waals surface area contributed by atoms with E-state index in [0.29, 0.717) is 23.5 Å². The highest BCUT2D eigenvalue weighted by Crippen LogP contribution is 2.28. The van der Waals surface area contributed by atoms with Crippen LogP contribution in [0.3, 0.4) is 0 Å². The Balaban J connectivity index is 1.89. The number of nitrogens with zero attached hydrogens (tertiary/aromatic N) is 3. The lowest BCUT2D eigenvalue weighted by Gasteiger charge is -2.25. The number of amides is 3. The molecule has 0 saturated carbocycles. The molecule has 1 N–H and O–H groups in total. The molecule has 1 aliphatic heterocycles. The number of urea groups is 1. The Kier molecular flexibility index (Phi) is 4.40. The van der Waals surface area contributed by atoms with Gasteiger partial charge in [0.2, 0.25) is 0 Å². The minimum Gasteiger partial charge on any atom is -0.323 e. The van der Waals surface area contributed by atoms with Gasteiger partial charge in [0, 0.05) is 17.6 Å². The first-order valence-corrected chi connectivity index (χ1v) is 8.98. The maximum Gasteiger partial charge on any atom is 0.325 e. The minimum absolute atomic E-state index is 0.0173. The van der Waals surface area contributed by atoms with Crippen molar-refractivity contribution in [2.45, 2.75) is 51.6 Å². The number of fused-ring (bicyclic) bond motifs is 1. The monoisotopic (exact) mass is 348 g/mol. The first kappa shape index (κ1) is 16.6. The van der Waals surface area contributed by atoms with Gasteiger partial charge in [-0.05, 0) is 12.8 Å². The summed E-state index contributed by atoms with van der Waals surface area (Å²) in [6.45, 7) is 4.00. The Morgan fingerprint density at radius 2 is 1.92 bits per heavy atom. The van der Waals surface area contributed by atoms with Gasteiger partial charge < -0.3 is 5.32 Å². The summed E-state index contributed by atoms with van der Waals surface area (Å²) < 4.78 is 1.44.